The Morgan fingerprint density at radius 2 is 1.92 bits per heavy atom. The molecular formula is C26H27ClN6O2S2. The molecular weight excluding hydrogens is 528 g/mol. The van der Waals surface area contributed by atoms with Crippen molar-refractivity contribution in [3.63, 3.8) is 0 Å². The van der Waals surface area contributed by atoms with Gasteiger partial charge in [0.05, 0.1) is 29.7 Å². The van der Waals surface area contributed by atoms with Gasteiger partial charge in [-0.2, -0.15) is 0 Å². The fourth-order valence-corrected chi connectivity index (χ4v) is 6.02. The molecule has 8 nitrogen and oxygen atoms in total. The molecule has 1 fully saturated rings. The first-order valence-corrected chi connectivity index (χ1v) is 14.3. The van der Waals surface area contributed by atoms with Gasteiger partial charge in [0.1, 0.15) is 10.7 Å². The number of carbonyl (C=O) groups excluding carboxylic acids is 1. The zero-order chi connectivity index (χ0) is 25.6. The van der Waals surface area contributed by atoms with Crippen LogP contribution >= 0.6 is 34.7 Å². The second-order valence-electron chi connectivity index (χ2n) is 8.53. The van der Waals surface area contributed by atoms with Crippen LogP contribution < -0.4 is 5.32 Å². The fraction of sp³-hybridized carbons (Fsp3) is 0.308. The molecule has 11 heteroatoms. The first-order valence-electron chi connectivity index (χ1n) is 12.0. The number of hydrogen-bond donors (Lipinski definition) is 1. The molecule has 1 aliphatic rings. The predicted molar refractivity (Wildman–Crippen MR) is 148 cm³/mol. The van der Waals surface area contributed by atoms with Crippen molar-refractivity contribution < 1.29 is 9.53 Å². The summed E-state index contributed by atoms with van der Waals surface area (Å²) in [6.45, 7) is 6.76. The molecule has 3 heterocycles. The highest BCUT2D eigenvalue weighted by Crippen LogP contribution is 2.34. The van der Waals surface area contributed by atoms with E-state index in [1.165, 1.54) is 23.1 Å². The lowest BCUT2D eigenvalue weighted by molar-refractivity contribution is 0.0383. The summed E-state index contributed by atoms with van der Waals surface area (Å²) in [7, 11) is 0. The summed E-state index contributed by atoms with van der Waals surface area (Å²) in [5.74, 6) is 1.10. The summed E-state index contributed by atoms with van der Waals surface area (Å²) >= 11 is 9.51. The van der Waals surface area contributed by atoms with Crippen molar-refractivity contribution in [2.24, 2.45) is 0 Å². The number of thioether (sulfide) groups is 1. The standard InChI is InChI=1S/C26H27ClN6O2S2/c1-18-6-2-5-9-22(18)33-24(19-7-3-4-8-20(19)27)30-31-26(33)37-17-23-29-21(16-36-23)25(34)28-10-11-32-12-14-35-15-13-32/h2-9,16H,10-15,17H2,1H3,(H,28,34). The van der Waals surface area contributed by atoms with E-state index in [0.717, 1.165) is 59.8 Å². The second kappa shape index (κ2) is 12.2. The average Bonchev–Trinajstić information content (AvgIpc) is 3.56. The topological polar surface area (TPSA) is 85.2 Å². The molecule has 0 aliphatic carbocycles. The molecule has 0 spiro atoms. The molecule has 1 aliphatic heterocycles. The Hall–Kier alpha value is -2.76. The second-order valence-corrected chi connectivity index (χ2v) is 10.8. The molecule has 0 saturated carbocycles. The lowest BCUT2D eigenvalue weighted by Crippen LogP contribution is -2.41. The Bertz CT molecular complexity index is 1370. The van der Waals surface area contributed by atoms with Gasteiger partial charge in [-0.15, -0.1) is 21.5 Å². The van der Waals surface area contributed by atoms with Crippen molar-refractivity contribution in [3.05, 3.63) is 75.2 Å². The molecule has 1 amide bonds. The number of ether oxygens (including phenoxy) is 1. The Labute approximate surface area is 229 Å². The summed E-state index contributed by atoms with van der Waals surface area (Å²) in [4.78, 5) is 19.4. The van der Waals surface area contributed by atoms with Crippen molar-refractivity contribution in [2.45, 2.75) is 17.8 Å². The lowest BCUT2D eigenvalue weighted by atomic mass is 10.1. The molecule has 0 bridgehead atoms. The number of carbonyl (C=O) groups is 1. The number of aromatic nitrogens is 4. The lowest BCUT2D eigenvalue weighted by Gasteiger charge is -2.26. The normalized spacial score (nSPS) is 14.1. The van der Waals surface area contributed by atoms with Crippen LogP contribution in [0.4, 0.5) is 0 Å². The Morgan fingerprint density at radius 3 is 2.73 bits per heavy atom. The van der Waals surface area contributed by atoms with Gasteiger partial charge in [0.25, 0.3) is 5.91 Å². The third-order valence-electron chi connectivity index (χ3n) is 6.03. The number of morpholine rings is 1. The maximum Gasteiger partial charge on any atom is 0.270 e. The van der Waals surface area contributed by atoms with E-state index in [2.05, 4.69) is 38.4 Å². The van der Waals surface area contributed by atoms with E-state index in [1.807, 2.05) is 47.0 Å². The van der Waals surface area contributed by atoms with Crippen LogP contribution in [0.5, 0.6) is 0 Å². The Morgan fingerprint density at radius 1 is 1.14 bits per heavy atom. The SMILES string of the molecule is Cc1ccccc1-n1c(SCc2nc(C(=O)NCCN3CCOCC3)cs2)nnc1-c1ccccc1Cl. The fourth-order valence-electron chi connectivity index (χ4n) is 4.06. The molecule has 37 heavy (non-hydrogen) atoms. The van der Waals surface area contributed by atoms with E-state index < -0.39 is 0 Å². The summed E-state index contributed by atoms with van der Waals surface area (Å²) in [5, 5.41) is 16.0. The Kier molecular flexibility index (Phi) is 8.52. The highest BCUT2D eigenvalue weighted by molar-refractivity contribution is 7.98. The largest absolute Gasteiger partial charge is 0.379 e. The van der Waals surface area contributed by atoms with E-state index in [4.69, 9.17) is 16.3 Å². The highest BCUT2D eigenvalue weighted by Gasteiger charge is 2.20. The van der Waals surface area contributed by atoms with Crippen molar-refractivity contribution in [2.75, 3.05) is 39.4 Å². The first-order chi connectivity index (χ1) is 18.1. The summed E-state index contributed by atoms with van der Waals surface area (Å²) < 4.78 is 7.40. The quantitative estimate of drug-likeness (QED) is 0.300. The third-order valence-corrected chi connectivity index (χ3v) is 8.33. The van der Waals surface area contributed by atoms with Crippen LogP contribution in [0.1, 0.15) is 21.1 Å². The molecule has 2 aromatic carbocycles. The minimum absolute atomic E-state index is 0.148. The molecule has 5 rings (SSSR count). The van der Waals surface area contributed by atoms with E-state index in [-0.39, 0.29) is 5.91 Å². The molecule has 2 aromatic heterocycles. The van der Waals surface area contributed by atoms with Crippen molar-refractivity contribution >= 4 is 40.6 Å². The van der Waals surface area contributed by atoms with Gasteiger partial charge >= 0.3 is 0 Å². The number of nitrogens with one attached hydrogen (secondary N) is 1. The molecule has 0 radical (unpaired) electrons. The molecule has 1 N–H and O–H groups in total. The molecule has 0 atom stereocenters. The molecule has 0 unspecified atom stereocenters. The minimum Gasteiger partial charge on any atom is -0.379 e. The molecule has 192 valence electrons. The van der Waals surface area contributed by atoms with Gasteiger partial charge in [-0.1, -0.05) is 53.7 Å². The number of benzene rings is 2. The number of aryl methyl sites for hydroxylation is 1. The third kappa shape index (κ3) is 6.22. The van der Waals surface area contributed by atoms with Crippen LogP contribution in [0.3, 0.4) is 0 Å². The number of halogens is 1. The van der Waals surface area contributed by atoms with Crippen molar-refractivity contribution in [1.82, 2.24) is 30.0 Å². The first kappa shape index (κ1) is 25.9. The van der Waals surface area contributed by atoms with Crippen molar-refractivity contribution in [1.29, 1.82) is 0 Å². The highest BCUT2D eigenvalue weighted by atomic mass is 35.5. The number of rotatable bonds is 9. The van der Waals surface area contributed by atoms with Crippen LogP contribution in [0, 0.1) is 6.92 Å². The molecule has 4 aromatic rings. The van der Waals surface area contributed by atoms with E-state index in [9.17, 15) is 4.79 Å². The maximum absolute atomic E-state index is 12.6. The number of hydrogen-bond acceptors (Lipinski definition) is 8. The van der Waals surface area contributed by atoms with Crippen LogP contribution in [0.2, 0.25) is 5.02 Å². The summed E-state index contributed by atoms with van der Waals surface area (Å²) in [6, 6.07) is 15.7. The van der Waals surface area contributed by atoms with E-state index >= 15 is 0 Å². The van der Waals surface area contributed by atoms with Crippen LogP contribution in [0.25, 0.3) is 17.1 Å². The van der Waals surface area contributed by atoms with Gasteiger partial charge in [-0.25, -0.2) is 4.98 Å². The van der Waals surface area contributed by atoms with E-state index in [1.54, 1.807) is 5.38 Å². The smallest absolute Gasteiger partial charge is 0.270 e. The summed E-state index contributed by atoms with van der Waals surface area (Å²) in [6.07, 6.45) is 0. The van der Waals surface area contributed by atoms with Gasteiger partial charge in [-0.05, 0) is 30.7 Å². The number of para-hydroxylation sites is 1. The van der Waals surface area contributed by atoms with Crippen molar-refractivity contribution in [3.8, 4) is 17.1 Å². The zero-order valence-electron chi connectivity index (χ0n) is 20.4. The number of nitrogens with zero attached hydrogens (tertiary/aromatic N) is 5. The zero-order valence-corrected chi connectivity index (χ0v) is 22.8. The van der Waals surface area contributed by atoms with Gasteiger partial charge in [0.15, 0.2) is 11.0 Å². The maximum atomic E-state index is 12.6. The number of amides is 1. The molecule has 1 saturated heterocycles. The van der Waals surface area contributed by atoms with Gasteiger partial charge < -0.3 is 10.1 Å². The van der Waals surface area contributed by atoms with Gasteiger partial charge in [0, 0.05) is 37.1 Å². The monoisotopic (exact) mass is 554 g/mol. The van der Waals surface area contributed by atoms with Crippen LogP contribution in [0.15, 0.2) is 59.1 Å². The predicted octanol–water partition coefficient (Wildman–Crippen LogP) is 4.71. The Balaban J connectivity index is 1.29. The van der Waals surface area contributed by atoms with Crippen LogP contribution in [-0.2, 0) is 10.5 Å². The van der Waals surface area contributed by atoms with Crippen LogP contribution in [-0.4, -0.2) is 69.9 Å². The average molecular weight is 555 g/mol. The number of thiazole rings is 1. The summed E-state index contributed by atoms with van der Waals surface area (Å²) in [5.41, 5.74) is 3.35. The van der Waals surface area contributed by atoms with Gasteiger partial charge in [0.2, 0.25) is 0 Å². The minimum atomic E-state index is -0.148. The van der Waals surface area contributed by atoms with E-state index in [0.29, 0.717) is 28.8 Å². The van der Waals surface area contributed by atoms with Gasteiger partial charge in [-0.3, -0.25) is 14.3 Å².